The van der Waals surface area contributed by atoms with E-state index in [-0.39, 0.29) is 6.07 Å². The van der Waals surface area contributed by atoms with E-state index in [2.05, 4.69) is 0 Å². The van der Waals surface area contributed by atoms with Crippen molar-refractivity contribution in [3.63, 3.8) is 0 Å². The molecule has 134 valence electrons. The third kappa shape index (κ3) is 5.40. The van der Waals surface area contributed by atoms with E-state index < -0.39 is 41.7 Å². The van der Waals surface area contributed by atoms with Crippen LogP contribution in [0.5, 0.6) is 5.75 Å². The van der Waals surface area contributed by atoms with Gasteiger partial charge in [-0.2, -0.15) is 26.3 Å². The second kappa shape index (κ2) is 7.04. The molecule has 3 nitrogen and oxygen atoms in total. The third-order valence-electron chi connectivity index (χ3n) is 2.98. The van der Waals surface area contributed by atoms with E-state index in [0.717, 1.165) is 0 Å². The van der Waals surface area contributed by atoms with Gasteiger partial charge in [0.15, 0.2) is 6.61 Å². The van der Waals surface area contributed by atoms with E-state index >= 15 is 0 Å². The number of ether oxygens (including phenoxy) is 1. The smallest absolute Gasteiger partial charge is 0.416 e. The first-order chi connectivity index (χ1) is 11.6. The van der Waals surface area contributed by atoms with Gasteiger partial charge in [-0.05, 0) is 30.3 Å². The Hall–Kier alpha value is -2.71. The molecule has 0 fully saturated rings. The number of nitrogens with one attached hydrogen (secondary N) is 1. The second-order valence-electron chi connectivity index (χ2n) is 4.94. The summed E-state index contributed by atoms with van der Waals surface area (Å²) in [6.07, 6.45) is -9.97. The molecule has 0 heterocycles. The van der Waals surface area contributed by atoms with Crippen LogP contribution in [0.25, 0.3) is 0 Å². The zero-order valence-corrected chi connectivity index (χ0v) is 12.4. The van der Waals surface area contributed by atoms with Crippen molar-refractivity contribution in [1.29, 1.82) is 0 Å². The first-order valence-corrected chi connectivity index (χ1v) is 6.83. The fourth-order valence-electron chi connectivity index (χ4n) is 1.89. The summed E-state index contributed by atoms with van der Waals surface area (Å²) < 4.78 is 81.5. The molecule has 2 aromatic carbocycles. The normalized spacial score (nSPS) is 11.9. The molecule has 2 rings (SSSR count). The minimum Gasteiger partial charge on any atom is -0.484 e. The molecule has 0 spiro atoms. The predicted molar refractivity (Wildman–Crippen MR) is 77.0 cm³/mol. The van der Waals surface area contributed by atoms with E-state index in [4.69, 9.17) is 4.74 Å². The minimum atomic E-state index is -4.98. The van der Waals surface area contributed by atoms with Crippen molar-refractivity contribution >= 4 is 11.6 Å². The number of hydrogen-bond donors (Lipinski definition) is 1. The third-order valence-corrected chi connectivity index (χ3v) is 2.98. The van der Waals surface area contributed by atoms with Crippen molar-refractivity contribution in [2.24, 2.45) is 0 Å². The summed E-state index contributed by atoms with van der Waals surface area (Å²) in [5, 5.41) is 1.97. The van der Waals surface area contributed by atoms with E-state index in [1.165, 1.54) is 0 Å². The Labute approximate surface area is 138 Å². The highest BCUT2D eigenvalue weighted by Crippen LogP contribution is 2.37. The number of amides is 1. The molecule has 0 aliphatic rings. The number of para-hydroxylation sites is 1. The van der Waals surface area contributed by atoms with Crippen molar-refractivity contribution in [1.82, 2.24) is 0 Å². The standard InChI is InChI=1S/C16H11F6NO2/c17-15(18,19)10-6-11(16(20,21)22)8-12(7-10)23-14(24)9-25-13-4-2-1-3-5-13/h1-8H,9H2,(H,23,24). The van der Waals surface area contributed by atoms with Crippen molar-refractivity contribution in [3.05, 3.63) is 59.7 Å². The topological polar surface area (TPSA) is 38.3 Å². The fraction of sp³-hybridized carbons (Fsp3) is 0.188. The van der Waals surface area contributed by atoms with Crippen LogP contribution in [0.2, 0.25) is 0 Å². The molecule has 0 saturated carbocycles. The number of anilines is 1. The maximum atomic E-state index is 12.7. The summed E-state index contributed by atoms with van der Waals surface area (Å²) in [5.41, 5.74) is -3.65. The van der Waals surface area contributed by atoms with Crippen molar-refractivity contribution in [2.45, 2.75) is 12.4 Å². The molecule has 0 aromatic heterocycles. The molecule has 0 saturated heterocycles. The highest BCUT2D eigenvalue weighted by atomic mass is 19.4. The molecule has 0 aliphatic heterocycles. The number of hydrogen-bond acceptors (Lipinski definition) is 2. The summed E-state index contributed by atoms with van der Waals surface area (Å²) in [6.45, 7) is -0.568. The van der Waals surface area contributed by atoms with E-state index in [1.807, 2.05) is 5.32 Å². The van der Waals surface area contributed by atoms with Gasteiger partial charge in [-0.1, -0.05) is 18.2 Å². The van der Waals surface area contributed by atoms with E-state index in [0.29, 0.717) is 17.9 Å². The van der Waals surface area contributed by atoms with Crippen LogP contribution >= 0.6 is 0 Å². The van der Waals surface area contributed by atoms with Gasteiger partial charge in [0.2, 0.25) is 0 Å². The van der Waals surface area contributed by atoms with Gasteiger partial charge in [-0.25, -0.2) is 0 Å². The van der Waals surface area contributed by atoms with Crippen molar-refractivity contribution < 1.29 is 35.9 Å². The van der Waals surface area contributed by atoms with Gasteiger partial charge in [0, 0.05) is 5.69 Å². The largest absolute Gasteiger partial charge is 0.484 e. The molecule has 0 unspecified atom stereocenters. The molecule has 0 atom stereocenters. The number of rotatable bonds is 4. The number of alkyl halides is 6. The first kappa shape index (κ1) is 18.6. The quantitative estimate of drug-likeness (QED) is 0.797. The maximum absolute atomic E-state index is 12.7. The number of benzene rings is 2. The zero-order chi connectivity index (χ0) is 18.7. The predicted octanol–water partition coefficient (Wildman–Crippen LogP) is 4.74. The summed E-state index contributed by atoms with van der Waals surface area (Å²) in [5.74, 6) is -0.561. The Balaban J connectivity index is 2.16. The van der Waals surface area contributed by atoms with Crippen LogP contribution in [0.15, 0.2) is 48.5 Å². The van der Waals surface area contributed by atoms with Crippen LogP contribution < -0.4 is 10.1 Å². The maximum Gasteiger partial charge on any atom is 0.416 e. The lowest BCUT2D eigenvalue weighted by Crippen LogP contribution is -2.21. The Morgan fingerprint density at radius 3 is 1.88 bits per heavy atom. The second-order valence-corrected chi connectivity index (χ2v) is 4.94. The van der Waals surface area contributed by atoms with Gasteiger partial charge >= 0.3 is 12.4 Å². The lowest BCUT2D eigenvalue weighted by atomic mass is 10.1. The van der Waals surface area contributed by atoms with Crippen LogP contribution in [0.1, 0.15) is 11.1 Å². The van der Waals surface area contributed by atoms with Gasteiger partial charge in [0.05, 0.1) is 11.1 Å². The lowest BCUT2D eigenvalue weighted by molar-refractivity contribution is -0.143. The Bertz CT molecular complexity index is 708. The molecule has 0 aliphatic carbocycles. The Morgan fingerprint density at radius 2 is 1.40 bits per heavy atom. The number of halogens is 6. The highest BCUT2D eigenvalue weighted by molar-refractivity contribution is 5.92. The van der Waals surface area contributed by atoms with Crippen LogP contribution in [0.4, 0.5) is 32.0 Å². The molecule has 1 amide bonds. The van der Waals surface area contributed by atoms with Gasteiger partial charge in [-0.15, -0.1) is 0 Å². The minimum absolute atomic E-state index is 0.0177. The molecule has 9 heteroatoms. The molecule has 25 heavy (non-hydrogen) atoms. The van der Waals surface area contributed by atoms with E-state index in [9.17, 15) is 31.1 Å². The Kier molecular flexibility index (Phi) is 5.24. The monoisotopic (exact) mass is 363 g/mol. The lowest BCUT2D eigenvalue weighted by Gasteiger charge is -2.15. The van der Waals surface area contributed by atoms with Crippen LogP contribution in [0, 0.1) is 0 Å². The average molecular weight is 363 g/mol. The summed E-state index contributed by atoms with van der Waals surface area (Å²) in [7, 11) is 0. The van der Waals surface area contributed by atoms with Crippen LogP contribution in [0.3, 0.4) is 0 Å². The molecule has 0 bridgehead atoms. The average Bonchev–Trinajstić information content (AvgIpc) is 2.52. The van der Waals surface area contributed by atoms with Crippen LogP contribution in [-0.4, -0.2) is 12.5 Å². The summed E-state index contributed by atoms with van der Waals surface area (Å²) in [4.78, 5) is 11.7. The van der Waals surface area contributed by atoms with Gasteiger partial charge < -0.3 is 10.1 Å². The van der Waals surface area contributed by atoms with Gasteiger partial charge in [-0.3, -0.25) is 4.79 Å². The molecular formula is C16H11F6NO2. The highest BCUT2D eigenvalue weighted by Gasteiger charge is 2.37. The summed E-state index contributed by atoms with van der Waals surface area (Å²) in [6, 6.07) is 8.89. The first-order valence-electron chi connectivity index (χ1n) is 6.83. The molecular weight excluding hydrogens is 352 g/mol. The molecule has 0 radical (unpaired) electrons. The summed E-state index contributed by atoms with van der Waals surface area (Å²) >= 11 is 0. The van der Waals surface area contributed by atoms with E-state index in [1.54, 1.807) is 30.3 Å². The van der Waals surface area contributed by atoms with Crippen molar-refractivity contribution in [3.8, 4) is 5.75 Å². The number of carbonyl (C=O) groups is 1. The van der Waals surface area contributed by atoms with Crippen molar-refractivity contribution in [2.75, 3.05) is 11.9 Å². The van der Waals surface area contributed by atoms with Gasteiger partial charge in [0.25, 0.3) is 5.91 Å². The SMILES string of the molecule is O=C(COc1ccccc1)Nc1cc(C(F)(F)F)cc(C(F)(F)F)c1. The molecule has 1 N–H and O–H groups in total. The van der Waals surface area contributed by atoms with Crippen LogP contribution in [-0.2, 0) is 17.1 Å². The molecule has 2 aromatic rings. The fourth-order valence-corrected chi connectivity index (χ4v) is 1.89. The zero-order valence-electron chi connectivity index (χ0n) is 12.4. The number of carbonyl (C=O) groups excluding carboxylic acids is 1. The van der Waals surface area contributed by atoms with Gasteiger partial charge in [0.1, 0.15) is 5.75 Å². The Morgan fingerprint density at radius 1 is 0.880 bits per heavy atom.